The molecule has 4 rings (SSSR count). The van der Waals surface area contributed by atoms with E-state index in [1.54, 1.807) is 6.07 Å². The van der Waals surface area contributed by atoms with Crippen LogP contribution in [0.1, 0.15) is 57.7 Å². The lowest BCUT2D eigenvalue weighted by molar-refractivity contribution is -0.118. The molecule has 0 saturated carbocycles. The zero-order valence-electron chi connectivity index (χ0n) is 19.9. The molecule has 33 heavy (non-hydrogen) atoms. The number of hydrogen-bond acceptors (Lipinski definition) is 5. The predicted molar refractivity (Wildman–Crippen MR) is 129 cm³/mol. The van der Waals surface area contributed by atoms with E-state index in [0.29, 0.717) is 30.0 Å². The van der Waals surface area contributed by atoms with Gasteiger partial charge in [-0.05, 0) is 62.4 Å². The summed E-state index contributed by atoms with van der Waals surface area (Å²) in [5.74, 6) is 0.614. The highest BCUT2D eigenvalue weighted by Crippen LogP contribution is 2.46. The van der Waals surface area contributed by atoms with E-state index in [0.717, 1.165) is 34.8 Å². The molecule has 1 aliphatic carbocycles. The number of hydrogen-bond donors (Lipinski definition) is 2. The second-order valence-electron chi connectivity index (χ2n) is 9.55. The first-order chi connectivity index (χ1) is 15.7. The third kappa shape index (κ3) is 4.70. The lowest BCUT2D eigenvalue weighted by Gasteiger charge is -2.39. The topological polar surface area (TPSA) is 80.3 Å². The number of anilines is 1. The summed E-state index contributed by atoms with van der Waals surface area (Å²) in [6.07, 6.45) is 1.21. The third-order valence-corrected chi connectivity index (χ3v) is 6.14. The Hall–Kier alpha value is -3.41. The molecular formula is C27H31N3O3. The predicted octanol–water partition coefficient (Wildman–Crippen LogP) is 5.03. The van der Waals surface area contributed by atoms with Gasteiger partial charge in [0.25, 0.3) is 5.91 Å². The molecule has 0 bridgehead atoms. The number of nitrogens with zero attached hydrogens (tertiary/aromatic N) is 1. The molecule has 1 amide bonds. The van der Waals surface area contributed by atoms with E-state index < -0.39 is 5.92 Å². The molecule has 0 radical (unpaired) electrons. The maximum Gasteiger partial charge on any atom is 0.255 e. The van der Waals surface area contributed by atoms with Gasteiger partial charge in [0.15, 0.2) is 5.78 Å². The second kappa shape index (κ2) is 8.85. The number of aromatic nitrogens is 1. The van der Waals surface area contributed by atoms with Gasteiger partial charge in [0.1, 0.15) is 11.6 Å². The second-order valence-corrected chi connectivity index (χ2v) is 9.55. The molecular weight excluding hydrogens is 414 g/mol. The van der Waals surface area contributed by atoms with Crippen molar-refractivity contribution < 1.29 is 14.3 Å². The van der Waals surface area contributed by atoms with E-state index in [9.17, 15) is 9.59 Å². The molecule has 2 N–H and O–H groups in total. The lowest BCUT2D eigenvalue weighted by Crippen LogP contribution is -2.39. The highest BCUT2D eigenvalue weighted by atomic mass is 16.5. The fourth-order valence-electron chi connectivity index (χ4n) is 4.79. The summed E-state index contributed by atoms with van der Waals surface area (Å²) < 4.78 is 5.60. The molecule has 172 valence electrons. The summed E-state index contributed by atoms with van der Waals surface area (Å²) >= 11 is 0. The number of allylic oxidation sites excluding steroid dienone is 3. The van der Waals surface area contributed by atoms with Gasteiger partial charge in [0.2, 0.25) is 0 Å². The summed E-state index contributed by atoms with van der Waals surface area (Å²) in [4.78, 5) is 31.3. The summed E-state index contributed by atoms with van der Waals surface area (Å²) in [7, 11) is 0. The van der Waals surface area contributed by atoms with Crippen LogP contribution in [0.4, 0.5) is 5.82 Å². The van der Waals surface area contributed by atoms with Crippen LogP contribution in [0.2, 0.25) is 0 Å². The molecule has 1 aromatic carbocycles. The molecule has 6 heteroatoms. The number of ether oxygens (including phenoxy) is 1. The average molecular weight is 446 g/mol. The number of benzene rings is 1. The van der Waals surface area contributed by atoms with Crippen molar-refractivity contribution in [2.24, 2.45) is 5.41 Å². The van der Waals surface area contributed by atoms with Gasteiger partial charge < -0.3 is 15.4 Å². The molecule has 1 atom stereocenters. The van der Waals surface area contributed by atoms with Gasteiger partial charge in [0, 0.05) is 40.6 Å². The highest BCUT2D eigenvalue weighted by Gasteiger charge is 2.42. The monoisotopic (exact) mass is 445 g/mol. The van der Waals surface area contributed by atoms with Crippen molar-refractivity contribution in [2.45, 2.75) is 53.4 Å². The first-order valence-corrected chi connectivity index (χ1v) is 11.4. The van der Waals surface area contributed by atoms with Crippen LogP contribution in [0.25, 0.3) is 0 Å². The number of rotatable bonds is 5. The Labute approximate surface area is 195 Å². The number of carbonyl (C=O) groups is 2. The highest BCUT2D eigenvalue weighted by molar-refractivity contribution is 6.09. The van der Waals surface area contributed by atoms with Gasteiger partial charge in [0.05, 0.1) is 6.61 Å². The standard InChI is InChI=1S/C27H31N3O3/c1-6-33-19-12-10-18(11-13-19)24-23(26(32)30-22-9-7-8-16(2)28-22)17(3)29-20-14-27(4,5)15-21(31)25(20)24/h7-13,24,29H,6,14-15H2,1-5H3,(H,28,30,32)/t24-/m1/s1. The fourth-order valence-corrected chi connectivity index (χ4v) is 4.79. The first-order valence-electron chi connectivity index (χ1n) is 11.4. The molecule has 0 unspecified atom stereocenters. The number of Topliss-reactive ketones (excluding diaryl/α,β-unsaturated/α-hetero) is 1. The minimum atomic E-state index is -0.453. The Morgan fingerprint density at radius 1 is 1.15 bits per heavy atom. The maximum absolute atomic E-state index is 13.5. The van der Waals surface area contributed by atoms with E-state index >= 15 is 0 Å². The molecule has 0 fully saturated rings. The van der Waals surface area contributed by atoms with Crippen LogP contribution in [-0.4, -0.2) is 23.3 Å². The van der Waals surface area contributed by atoms with Gasteiger partial charge in [-0.1, -0.05) is 32.0 Å². The van der Waals surface area contributed by atoms with E-state index in [-0.39, 0.29) is 17.1 Å². The quantitative estimate of drug-likeness (QED) is 0.675. The summed E-state index contributed by atoms with van der Waals surface area (Å²) in [6.45, 7) is 10.5. The Kier molecular flexibility index (Phi) is 6.11. The van der Waals surface area contributed by atoms with Crippen LogP contribution in [0.15, 0.2) is 65.0 Å². The number of dihydropyridines is 1. The molecule has 1 aromatic heterocycles. The zero-order valence-corrected chi connectivity index (χ0v) is 19.9. The van der Waals surface area contributed by atoms with Crippen LogP contribution in [0.5, 0.6) is 5.75 Å². The van der Waals surface area contributed by atoms with Crippen molar-refractivity contribution in [1.29, 1.82) is 0 Å². The first kappa shape index (κ1) is 22.8. The van der Waals surface area contributed by atoms with Crippen LogP contribution in [0.3, 0.4) is 0 Å². The summed E-state index contributed by atoms with van der Waals surface area (Å²) in [5, 5.41) is 6.33. The SMILES string of the molecule is CCOc1ccc([C@@H]2C(C(=O)Nc3cccc(C)n3)=C(C)NC3=C2C(=O)CC(C)(C)C3)cc1. The van der Waals surface area contributed by atoms with Crippen molar-refractivity contribution in [3.8, 4) is 5.75 Å². The van der Waals surface area contributed by atoms with Gasteiger partial charge in [-0.3, -0.25) is 9.59 Å². The molecule has 6 nitrogen and oxygen atoms in total. The Morgan fingerprint density at radius 3 is 2.55 bits per heavy atom. The number of pyridine rings is 1. The molecule has 1 aliphatic heterocycles. The van der Waals surface area contributed by atoms with E-state index in [2.05, 4.69) is 29.5 Å². The number of carbonyl (C=O) groups excluding carboxylic acids is 2. The van der Waals surface area contributed by atoms with Crippen molar-refractivity contribution >= 4 is 17.5 Å². The van der Waals surface area contributed by atoms with E-state index in [4.69, 9.17) is 4.74 Å². The summed E-state index contributed by atoms with van der Waals surface area (Å²) in [5.41, 5.74) is 4.47. The molecule has 0 saturated heterocycles. The van der Waals surface area contributed by atoms with Crippen LogP contribution in [0, 0.1) is 12.3 Å². The number of ketones is 1. The molecule has 0 spiro atoms. The lowest BCUT2D eigenvalue weighted by atomic mass is 9.68. The number of amides is 1. The van der Waals surface area contributed by atoms with Crippen molar-refractivity contribution in [3.05, 3.63) is 76.3 Å². The minimum Gasteiger partial charge on any atom is -0.494 e. The van der Waals surface area contributed by atoms with Gasteiger partial charge in [-0.25, -0.2) is 4.98 Å². The van der Waals surface area contributed by atoms with Crippen LogP contribution in [-0.2, 0) is 9.59 Å². The fraction of sp³-hybridized carbons (Fsp3) is 0.370. The van der Waals surface area contributed by atoms with E-state index in [1.807, 2.05) is 57.2 Å². The molecule has 2 aromatic rings. The largest absolute Gasteiger partial charge is 0.494 e. The number of aryl methyl sites for hydroxylation is 1. The smallest absolute Gasteiger partial charge is 0.255 e. The zero-order chi connectivity index (χ0) is 23.8. The Bertz CT molecular complexity index is 1160. The van der Waals surface area contributed by atoms with Crippen molar-refractivity contribution in [3.63, 3.8) is 0 Å². The molecule has 2 aliphatic rings. The van der Waals surface area contributed by atoms with Gasteiger partial charge in [-0.2, -0.15) is 0 Å². The Balaban J connectivity index is 1.78. The van der Waals surface area contributed by atoms with Crippen LogP contribution < -0.4 is 15.4 Å². The normalized spacial score (nSPS) is 19.7. The molecule has 2 heterocycles. The Morgan fingerprint density at radius 2 is 1.88 bits per heavy atom. The van der Waals surface area contributed by atoms with Crippen molar-refractivity contribution in [2.75, 3.05) is 11.9 Å². The average Bonchev–Trinajstić information content (AvgIpc) is 2.72. The number of nitrogens with one attached hydrogen (secondary N) is 2. The van der Waals surface area contributed by atoms with Gasteiger partial charge >= 0.3 is 0 Å². The third-order valence-electron chi connectivity index (χ3n) is 6.14. The van der Waals surface area contributed by atoms with Crippen LogP contribution >= 0.6 is 0 Å². The minimum absolute atomic E-state index is 0.0825. The summed E-state index contributed by atoms with van der Waals surface area (Å²) in [6, 6.07) is 13.2. The van der Waals surface area contributed by atoms with Crippen molar-refractivity contribution in [1.82, 2.24) is 10.3 Å². The van der Waals surface area contributed by atoms with Gasteiger partial charge in [-0.15, -0.1) is 0 Å². The van der Waals surface area contributed by atoms with E-state index in [1.165, 1.54) is 0 Å². The maximum atomic E-state index is 13.5.